The number of carbonyl (C=O) groups is 1. The lowest BCUT2D eigenvalue weighted by atomic mass is 9.84. The topological polar surface area (TPSA) is 55.1 Å². The minimum atomic E-state index is 0. The molecular formula is C12H23ClN2OS2. The maximum absolute atomic E-state index is 12.1. The molecule has 1 saturated heterocycles. The standard InChI is InChI=1S/C12H22N2OS2.ClH/c13-7-9-3-1-2-4-10(9)14-12(15)11-8-16-5-6-17-11;/h9-11H,1-8,13H2,(H,14,15);1H. The Bertz CT molecular complexity index is 262. The quantitative estimate of drug-likeness (QED) is 0.836. The van der Waals surface area contributed by atoms with E-state index in [1.807, 2.05) is 11.8 Å². The van der Waals surface area contributed by atoms with Crippen molar-refractivity contribution in [3.05, 3.63) is 0 Å². The Labute approximate surface area is 124 Å². The van der Waals surface area contributed by atoms with Crippen LogP contribution in [0.5, 0.6) is 0 Å². The van der Waals surface area contributed by atoms with Crippen molar-refractivity contribution in [3.8, 4) is 0 Å². The van der Waals surface area contributed by atoms with E-state index < -0.39 is 0 Å². The van der Waals surface area contributed by atoms with Gasteiger partial charge in [0, 0.05) is 23.3 Å². The van der Waals surface area contributed by atoms with Crippen LogP contribution in [0.2, 0.25) is 0 Å². The van der Waals surface area contributed by atoms with Gasteiger partial charge in [0.2, 0.25) is 5.91 Å². The van der Waals surface area contributed by atoms with Crippen LogP contribution in [0.25, 0.3) is 0 Å². The number of thioether (sulfide) groups is 2. The maximum Gasteiger partial charge on any atom is 0.234 e. The summed E-state index contributed by atoms with van der Waals surface area (Å²) in [6.45, 7) is 0.706. The Hall–Kier alpha value is 0.420. The van der Waals surface area contributed by atoms with Crippen molar-refractivity contribution in [1.29, 1.82) is 0 Å². The summed E-state index contributed by atoms with van der Waals surface area (Å²) in [5.41, 5.74) is 5.79. The summed E-state index contributed by atoms with van der Waals surface area (Å²) in [4.78, 5) is 12.1. The van der Waals surface area contributed by atoms with E-state index in [0.29, 0.717) is 18.5 Å². The molecule has 106 valence electrons. The molecule has 3 nitrogen and oxygen atoms in total. The van der Waals surface area contributed by atoms with E-state index in [9.17, 15) is 4.79 Å². The van der Waals surface area contributed by atoms with Crippen molar-refractivity contribution in [2.24, 2.45) is 11.7 Å². The van der Waals surface area contributed by atoms with Crippen LogP contribution in [0, 0.1) is 5.92 Å². The van der Waals surface area contributed by atoms with Crippen molar-refractivity contribution >= 4 is 41.8 Å². The van der Waals surface area contributed by atoms with E-state index in [1.54, 1.807) is 11.8 Å². The van der Waals surface area contributed by atoms with Crippen molar-refractivity contribution in [3.63, 3.8) is 0 Å². The molecular weight excluding hydrogens is 288 g/mol. The summed E-state index contributed by atoms with van der Waals surface area (Å²) in [5, 5.41) is 3.40. The third-order valence-electron chi connectivity index (χ3n) is 3.65. The second kappa shape index (κ2) is 8.56. The largest absolute Gasteiger partial charge is 0.352 e. The van der Waals surface area contributed by atoms with E-state index in [2.05, 4.69) is 5.32 Å². The molecule has 0 aromatic carbocycles. The minimum absolute atomic E-state index is 0. The molecule has 0 radical (unpaired) electrons. The molecule has 0 aromatic rings. The molecule has 2 fully saturated rings. The summed E-state index contributed by atoms with van der Waals surface area (Å²) >= 11 is 3.70. The smallest absolute Gasteiger partial charge is 0.234 e. The highest BCUT2D eigenvalue weighted by Gasteiger charge is 2.29. The molecule has 1 heterocycles. The Balaban J connectivity index is 0.00000162. The van der Waals surface area contributed by atoms with Gasteiger partial charge >= 0.3 is 0 Å². The van der Waals surface area contributed by atoms with Gasteiger partial charge in [0.15, 0.2) is 0 Å². The molecule has 1 aliphatic carbocycles. The van der Waals surface area contributed by atoms with Gasteiger partial charge in [-0.3, -0.25) is 4.79 Å². The average Bonchev–Trinajstić information content (AvgIpc) is 2.40. The van der Waals surface area contributed by atoms with E-state index in [0.717, 1.165) is 17.9 Å². The van der Waals surface area contributed by atoms with Gasteiger partial charge in [-0.25, -0.2) is 0 Å². The molecule has 6 heteroatoms. The Morgan fingerprint density at radius 2 is 2.06 bits per heavy atom. The first-order valence-corrected chi connectivity index (χ1v) is 8.71. The van der Waals surface area contributed by atoms with E-state index in [4.69, 9.17) is 5.73 Å². The van der Waals surface area contributed by atoms with Gasteiger partial charge in [0.05, 0.1) is 5.25 Å². The Kier molecular flexibility index (Phi) is 7.84. The van der Waals surface area contributed by atoms with Crippen LogP contribution >= 0.6 is 35.9 Å². The molecule has 0 spiro atoms. The Morgan fingerprint density at radius 1 is 1.28 bits per heavy atom. The van der Waals surface area contributed by atoms with Gasteiger partial charge in [0.1, 0.15) is 0 Å². The molecule has 3 N–H and O–H groups in total. The number of rotatable bonds is 3. The number of hydrogen-bond acceptors (Lipinski definition) is 4. The molecule has 2 rings (SSSR count). The number of hydrogen-bond donors (Lipinski definition) is 2. The summed E-state index contributed by atoms with van der Waals surface area (Å²) in [6, 6.07) is 0.328. The van der Waals surface area contributed by atoms with Crippen molar-refractivity contribution in [1.82, 2.24) is 5.32 Å². The van der Waals surface area contributed by atoms with Gasteiger partial charge in [-0.05, 0) is 25.3 Å². The molecule has 0 bridgehead atoms. The van der Waals surface area contributed by atoms with Crippen LogP contribution < -0.4 is 11.1 Å². The Morgan fingerprint density at radius 3 is 2.72 bits per heavy atom. The van der Waals surface area contributed by atoms with E-state index in [1.165, 1.54) is 25.0 Å². The number of nitrogens with two attached hydrogens (primary N) is 1. The van der Waals surface area contributed by atoms with E-state index >= 15 is 0 Å². The van der Waals surface area contributed by atoms with Crippen LogP contribution in [0.1, 0.15) is 25.7 Å². The predicted octanol–water partition coefficient (Wildman–Crippen LogP) is 1.89. The number of amides is 1. The highest BCUT2D eigenvalue weighted by atomic mass is 35.5. The molecule has 1 amide bonds. The molecule has 3 unspecified atom stereocenters. The number of nitrogens with one attached hydrogen (secondary N) is 1. The molecule has 0 aromatic heterocycles. The zero-order chi connectivity index (χ0) is 12.1. The monoisotopic (exact) mass is 310 g/mol. The fraction of sp³-hybridized carbons (Fsp3) is 0.917. The van der Waals surface area contributed by atoms with Crippen LogP contribution in [0.3, 0.4) is 0 Å². The minimum Gasteiger partial charge on any atom is -0.352 e. The summed E-state index contributed by atoms with van der Waals surface area (Å²) < 4.78 is 0. The highest BCUT2D eigenvalue weighted by Crippen LogP contribution is 2.27. The lowest BCUT2D eigenvalue weighted by Crippen LogP contribution is -2.48. The lowest BCUT2D eigenvalue weighted by molar-refractivity contribution is -0.121. The summed E-state index contributed by atoms with van der Waals surface area (Å²) in [6.07, 6.45) is 4.78. The average molecular weight is 311 g/mol. The van der Waals surface area contributed by atoms with Crippen molar-refractivity contribution in [2.75, 3.05) is 23.8 Å². The third-order valence-corrected chi connectivity index (χ3v) is 6.40. The second-order valence-electron chi connectivity index (χ2n) is 4.83. The van der Waals surface area contributed by atoms with E-state index in [-0.39, 0.29) is 23.6 Å². The van der Waals surface area contributed by atoms with Crippen molar-refractivity contribution in [2.45, 2.75) is 37.0 Å². The van der Waals surface area contributed by atoms with Gasteiger partial charge in [-0.1, -0.05) is 12.8 Å². The zero-order valence-electron chi connectivity index (χ0n) is 10.6. The number of halogens is 1. The molecule has 1 saturated carbocycles. The van der Waals surface area contributed by atoms with Crippen molar-refractivity contribution < 1.29 is 4.79 Å². The highest BCUT2D eigenvalue weighted by molar-refractivity contribution is 8.07. The lowest BCUT2D eigenvalue weighted by Gasteiger charge is -2.32. The fourth-order valence-electron chi connectivity index (χ4n) is 2.59. The third kappa shape index (κ3) is 4.51. The molecule has 2 aliphatic rings. The van der Waals surface area contributed by atoms with Gasteiger partial charge in [-0.2, -0.15) is 11.8 Å². The van der Waals surface area contributed by atoms with Gasteiger partial charge in [0.25, 0.3) is 0 Å². The summed E-state index contributed by atoms with van der Waals surface area (Å²) in [5.74, 6) is 3.99. The van der Waals surface area contributed by atoms with Crippen LogP contribution in [0.15, 0.2) is 0 Å². The normalized spacial score (nSPS) is 32.4. The molecule has 1 aliphatic heterocycles. The first kappa shape index (κ1) is 16.5. The first-order valence-electron chi connectivity index (χ1n) is 6.51. The van der Waals surface area contributed by atoms with Gasteiger partial charge in [-0.15, -0.1) is 24.2 Å². The zero-order valence-corrected chi connectivity index (χ0v) is 13.0. The van der Waals surface area contributed by atoms with Crippen LogP contribution in [0.4, 0.5) is 0 Å². The second-order valence-corrected chi connectivity index (χ2v) is 7.29. The molecule has 3 atom stereocenters. The first-order chi connectivity index (χ1) is 8.31. The fourth-order valence-corrected chi connectivity index (χ4v) is 5.16. The summed E-state index contributed by atoms with van der Waals surface area (Å²) in [7, 11) is 0. The molecule has 18 heavy (non-hydrogen) atoms. The predicted molar refractivity (Wildman–Crippen MR) is 83.8 cm³/mol. The van der Waals surface area contributed by atoms with Crippen LogP contribution in [-0.4, -0.2) is 41.0 Å². The number of carbonyl (C=O) groups excluding carboxylic acids is 1. The van der Waals surface area contributed by atoms with Gasteiger partial charge < -0.3 is 11.1 Å². The SMILES string of the molecule is Cl.NCC1CCCCC1NC(=O)C1CSCCS1. The maximum atomic E-state index is 12.1. The van der Waals surface area contributed by atoms with Crippen LogP contribution in [-0.2, 0) is 4.79 Å².